The Morgan fingerprint density at radius 3 is 2.35 bits per heavy atom. The van der Waals surface area contributed by atoms with Crippen LogP contribution in [0, 0.1) is 27.2 Å². The molecule has 9 nitrogen and oxygen atoms in total. The van der Waals surface area contributed by atoms with Gasteiger partial charge in [0, 0.05) is 12.3 Å². The second kappa shape index (κ2) is 6.79. The number of nitrogens with one attached hydrogen (secondary N) is 1. The highest BCUT2D eigenvalue weighted by atomic mass is 16.6. The van der Waals surface area contributed by atoms with Crippen molar-refractivity contribution in [2.24, 2.45) is 0 Å². The maximum absolute atomic E-state index is 11.2. The van der Waals surface area contributed by atoms with Gasteiger partial charge in [0.2, 0.25) is 5.82 Å². The number of nitro groups is 2. The summed E-state index contributed by atoms with van der Waals surface area (Å²) in [6.07, 6.45) is 1.50. The van der Waals surface area contributed by atoms with Gasteiger partial charge in [-0.2, -0.15) is 0 Å². The van der Waals surface area contributed by atoms with Gasteiger partial charge in [0.15, 0.2) is 0 Å². The molecule has 9 heteroatoms. The first-order chi connectivity index (χ1) is 10.9. The van der Waals surface area contributed by atoms with Crippen LogP contribution in [0.5, 0.6) is 0 Å². The summed E-state index contributed by atoms with van der Waals surface area (Å²) in [6, 6.07) is 6.91. The minimum Gasteiger partial charge on any atom is -0.396 e. The molecule has 1 aromatic heterocycles. The molecule has 0 bridgehead atoms. The molecule has 1 aromatic carbocycles. The highest BCUT2D eigenvalue weighted by Gasteiger charge is 2.27. The fourth-order valence-electron chi connectivity index (χ4n) is 2.10. The fraction of sp³-hybridized carbons (Fsp3) is 0.214. The van der Waals surface area contributed by atoms with E-state index in [1.807, 2.05) is 0 Å². The van der Waals surface area contributed by atoms with Crippen molar-refractivity contribution in [3.63, 3.8) is 0 Å². The molecule has 0 atom stereocenters. The SMILES string of the molecule is Cc1c([N+](=O)[O-])cnc(Nc2ccc(CCO)cc2)c1[N+](=O)[O-]. The summed E-state index contributed by atoms with van der Waals surface area (Å²) >= 11 is 0. The summed E-state index contributed by atoms with van der Waals surface area (Å²) < 4.78 is 0. The molecule has 120 valence electrons. The van der Waals surface area contributed by atoms with E-state index in [0.717, 1.165) is 11.8 Å². The summed E-state index contributed by atoms with van der Waals surface area (Å²) in [7, 11) is 0. The van der Waals surface area contributed by atoms with E-state index in [1.54, 1.807) is 24.3 Å². The Kier molecular flexibility index (Phi) is 4.82. The third-order valence-electron chi connectivity index (χ3n) is 3.28. The molecule has 23 heavy (non-hydrogen) atoms. The first-order valence-electron chi connectivity index (χ1n) is 6.69. The number of anilines is 2. The molecule has 0 radical (unpaired) electrons. The van der Waals surface area contributed by atoms with Gasteiger partial charge >= 0.3 is 5.69 Å². The number of aromatic nitrogens is 1. The molecule has 0 amide bonds. The Hall–Kier alpha value is -3.07. The van der Waals surface area contributed by atoms with Crippen molar-refractivity contribution in [1.82, 2.24) is 4.98 Å². The number of benzene rings is 1. The number of hydrogen-bond donors (Lipinski definition) is 2. The minimum atomic E-state index is -0.706. The normalized spacial score (nSPS) is 10.3. The van der Waals surface area contributed by atoms with Gasteiger partial charge in [0.05, 0.1) is 9.85 Å². The maximum atomic E-state index is 11.2. The van der Waals surface area contributed by atoms with E-state index in [2.05, 4.69) is 10.3 Å². The molecule has 0 fully saturated rings. The van der Waals surface area contributed by atoms with Crippen LogP contribution in [0.15, 0.2) is 30.5 Å². The molecule has 2 aromatic rings. The Morgan fingerprint density at radius 2 is 1.83 bits per heavy atom. The zero-order valence-corrected chi connectivity index (χ0v) is 12.2. The van der Waals surface area contributed by atoms with Gasteiger partial charge in [-0.3, -0.25) is 20.2 Å². The Balaban J connectivity index is 2.37. The monoisotopic (exact) mass is 318 g/mol. The number of rotatable bonds is 6. The van der Waals surface area contributed by atoms with Crippen LogP contribution in [0.1, 0.15) is 11.1 Å². The molecule has 0 unspecified atom stereocenters. The molecular formula is C14H14N4O5. The smallest absolute Gasteiger partial charge is 0.321 e. The molecule has 0 aliphatic rings. The van der Waals surface area contributed by atoms with E-state index in [0.29, 0.717) is 12.1 Å². The lowest BCUT2D eigenvalue weighted by molar-refractivity contribution is -0.395. The molecule has 0 saturated heterocycles. The van der Waals surface area contributed by atoms with Gasteiger partial charge < -0.3 is 10.4 Å². The first-order valence-corrected chi connectivity index (χ1v) is 6.69. The molecule has 2 rings (SSSR count). The van der Waals surface area contributed by atoms with Crippen molar-refractivity contribution >= 4 is 22.9 Å². The molecule has 0 spiro atoms. The van der Waals surface area contributed by atoms with Crippen LogP contribution in [0.4, 0.5) is 22.9 Å². The molecule has 0 aliphatic carbocycles. The Bertz CT molecular complexity index is 746. The van der Waals surface area contributed by atoms with Crippen LogP contribution in [0.2, 0.25) is 0 Å². The number of aliphatic hydroxyl groups excluding tert-OH is 1. The molecule has 1 heterocycles. The zero-order valence-electron chi connectivity index (χ0n) is 12.2. The largest absolute Gasteiger partial charge is 0.396 e. The van der Waals surface area contributed by atoms with Crippen molar-refractivity contribution in [2.45, 2.75) is 13.3 Å². The van der Waals surface area contributed by atoms with Crippen molar-refractivity contribution in [1.29, 1.82) is 0 Å². The van der Waals surface area contributed by atoms with Crippen molar-refractivity contribution in [3.05, 3.63) is 61.8 Å². The lowest BCUT2D eigenvalue weighted by Crippen LogP contribution is -2.04. The third kappa shape index (κ3) is 3.58. The van der Waals surface area contributed by atoms with Gasteiger partial charge in [-0.05, 0) is 31.0 Å². The molecule has 0 aliphatic heterocycles. The standard InChI is InChI=1S/C14H14N4O5/c1-9-12(17(20)21)8-15-14(13(9)18(22)23)16-11-4-2-10(3-5-11)6-7-19/h2-5,8,19H,6-7H2,1H3,(H,15,16). The van der Waals surface area contributed by atoms with E-state index in [9.17, 15) is 20.2 Å². The van der Waals surface area contributed by atoms with Gasteiger partial charge in [-0.1, -0.05) is 12.1 Å². The second-order valence-electron chi connectivity index (χ2n) is 4.78. The number of hydrogen-bond acceptors (Lipinski definition) is 7. The average Bonchev–Trinajstić information content (AvgIpc) is 2.49. The van der Waals surface area contributed by atoms with Crippen molar-refractivity contribution in [3.8, 4) is 0 Å². The van der Waals surface area contributed by atoms with Crippen LogP contribution in [0.3, 0.4) is 0 Å². The average molecular weight is 318 g/mol. The highest BCUT2D eigenvalue weighted by molar-refractivity contribution is 5.71. The van der Waals surface area contributed by atoms with E-state index in [1.165, 1.54) is 6.92 Å². The zero-order chi connectivity index (χ0) is 17.0. The molecule has 2 N–H and O–H groups in total. The number of nitrogens with zero attached hydrogens (tertiary/aromatic N) is 3. The van der Waals surface area contributed by atoms with Crippen LogP contribution >= 0.6 is 0 Å². The van der Waals surface area contributed by atoms with E-state index in [4.69, 9.17) is 5.11 Å². The maximum Gasteiger partial charge on any atom is 0.321 e. The summed E-state index contributed by atoms with van der Waals surface area (Å²) in [5.74, 6) is -0.0620. The number of aliphatic hydroxyl groups is 1. The Morgan fingerprint density at radius 1 is 1.17 bits per heavy atom. The van der Waals surface area contributed by atoms with Crippen molar-refractivity contribution < 1.29 is 15.0 Å². The lowest BCUT2D eigenvalue weighted by atomic mass is 10.1. The van der Waals surface area contributed by atoms with Gasteiger partial charge in [0.25, 0.3) is 5.69 Å². The predicted octanol–water partition coefficient (Wildman–Crippen LogP) is 2.48. The van der Waals surface area contributed by atoms with Gasteiger partial charge in [-0.25, -0.2) is 4.98 Å². The van der Waals surface area contributed by atoms with E-state index < -0.39 is 21.2 Å². The Labute approximate surface area is 130 Å². The first kappa shape index (κ1) is 16.3. The van der Waals surface area contributed by atoms with E-state index in [-0.39, 0.29) is 18.0 Å². The molecule has 0 saturated carbocycles. The summed E-state index contributed by atoms with van der Waals surface area (Å²) in [4.78, 5) is 24.5. The topological polar surface area (TPSA) is 131 Å². The van der Waals surface area contributed by atoms with Gasteiger partial charge in [0.1, 0.15) is 11.8 Å². The fourth-order valence-corrected chi connectivity index (χ4v) is 2.10. The quantitative estimate of drug-likeness (QED) is 0.617. The molecular weight excluding hydrogens is 304 g/mol. The minimum absolute atomic E-state index is 0.0291. The van der Waals surface area contributed by atoms with Gasteiger partial charge in [-0.15, -0.1) is 0 Å². The van der Waals surface area contributed by atoms with Crippen LogP contribution in [-0.4, -0.2) is 26.5 Å². The van der Waals surface area contributed by atoms with Crippen LogP contribution < -0.4 is 5.32 Å². The third-order valence-corrected chi connectivity index (χ3v) is 3.28. The number of pyridine rings is 1. The van der Waals surface area contributed by atoms with Crippen molar-refractivity contribution in [2.75, 3.05) is 11.9 Å². The summed E-state index contributed by atoms with van der Waals surface area (Å²) in [5, 5.41) is 33.7. The highest BCUT2D eigenvalue weighted by Crippen LogP contribution is 2.34. The van der Waals surface area contributed by atoms with E-state index >= 15 is 0 Å². The predicted molar refractivity (Wildman–Crippen MR) is 82.8 cm³/mol. The lowest BCUT2D eigenvalue weighted by Gasteiger charge is -2.08. The van der Waals surface area contributed by atoms with Crippen LogP contribution in [-0.2, 0) is 6.42 Å². The van der Waals surface area contributed by atoms with Crippen LogP contribution in [0.25, 0.3) is 0 Å². The summed E-state index contributed by atoms with van der Waals surface area (Å²) in [6.45, 7) is 1.34. The second-order valence-corrected chi connectivity index (χ2v) is 4.78. The summed E-state index contributed by atoms with van der Waals surface area (Å²) in [5.41, 5.74) is 0.574.